The summed E-state index contributed by atoms with van der Waals surface area (Å²) in [6.07, 6.45) is 2.85. The van der Waals surface area contributed by atoms with Gasteiger partial charge in [-0.1, -0.05) is 54.1 Å². The minimum Gasteiger partial charge on any atom is -0.241 e. The van der Waals surface area contributed by atoms with E-state index >= 15 is 0 Å². The molecule has 114 valence electrons. The molecule has 2 aromatic carbocycles. The molecule has 0 spiro atoms. The Morgan fingerprint density at radius 1 is 1.04 bits per heavy atom. The molecule has 4 rings (SSSR count). The molecule has 0 bridgehead atoms. The summed E-state index contributed by atoms with van der Waals surface area (Å²) in [5.74, 6) is 0.921. The molecule has 3 nitrogen and oxygen atoms in total. The number of benzene rings is 2. The van der Waals surface area contributed by atoms with E-state index in [9.17, 15) is 0 Å². The predicted molar refractivity (Wildman–Crippen MR) is 94.8 cm³/mol. The normalized spacial score (nSPS) is 16.3. The first kappa shape index (κ1) is 14.2. The standard InChI is InChI=1S/C19H16ClN3/c1-13-18(15-7-9-16(20)10-8-15)19-21-12-11-17(23(19)22-13)14-5-3-2-4-6-14/h2-10,12,17H,11H2,1H3. The van der Waals surface area contributed by atoms with Crippen LogP contribution in [0.5, 0.6) is 0 Å². The van der Waals surface area contributed by atoms with Gasteiger partial charge in [-0.25, -0.2) is 9.67 Å². The lowest BCUT2D eigenvalue weighted by molar-refractivity contribution is 0.533. The highest BCUT2D eigenvalue weighted by atomic mass is 35.5. The van der Waals surface area contributed by atoms with Gasteiger partial charge in [-0.05, 0) is 30.2 Å². The van der Waals surface area contributed by atoms with Crippen molar-refractivity contribution < 1.29 is 0 Å². The molecule has 1 atom stereocenters. The van der Waals surface area contributed by atoms with Gasteiger partial charge in [0.15, 0.2) is 5.82 Å². The number of aliphatic imine (C=N–C) groups is 1. The predicted octanol–water partition coefficient (Wildman–Crippen LogP) is 5.21. The van der Waals surface area contributed by atoms with Gasteiger partial charge in [0.1, 0.15) is 0 Å². The number of fused-ring (bicyclic) bond motifs is 1. The van der Waals surface area contributed by atoms with E-state index in [1.54, 1.807) is 0 Å². The number of rotatable bonds is 2. The average Bonchev–Trinajstić information content (AvgIpc) is 2.92. The highest BCUT2D eigenvalue weighted by Gasteiger charge is 2.25. The summed E-state index contributed by atoms with van der Waals surface area (Å²) < 4.78 is 2.05. The Morgan fingerprint density at radius 2 is 1.78 bits per heavy atom. The van der Waals surface area contributed by atoms with E-state index in [4.69, 9.17) is 16.7 Å². The number of halogens is 1. The third-order valence-corrected chi connectivity index (χ3v) is 4.47. The topological polar surface area (TPSA) is 30.2 Å². The number of aromatic nitrogens is 2. The summed E-state index contributed by atoms with van der Waals surface area (Å²) in [7, 11) is 0. The largest absolute Gasteiger partial charge is 0.241 e. The Balaban J connectivity index is 1.85. The summed E-state index contributed by atoms with van der Waals surface area (Å²) in [6.45, 7) is 2.03. The fourth-order valence-corrected chi connectivity index (χ4v) is 3.25. The molecule has 0 radical (unpaired) electrons. The average molecular weight is 322 g/mol. The summed E-state index contributed by atoms with van der Waals surface area (Å²) >= 11 is 6.01. The lowest BCUT2D eigenvalue weighted by Gasteiger charge is -2.21. The Hall–Kier alpha value is -2.39. The Kier molecular flexibility index (Phi) is 3.50. The van der Waals surface area contributed by atoms with Gasteiger partial charge in [0.25, 0.3) is 0 Å². The zero-order valence-electron chi connectivity index (χ0n) is 12.8. The number of aryl methyl sites for hydroxylation is 1. The maximum Gasteiger partial charge on any atom is 0.158 e. The Bertz CT molecular complexity index is 864. The second-order valence-electron chi connectivity index (χ2n) is 5.71. The van der Waals surface area contributed by atoms with Crippen LogP contribution in [-0.2, 0) is 0 Å². The lowest BCUT2D eigenvalue weighted by atomic mass is 10.0. The molecule has 0 saturated carbocycles. The van der Waals surface area contributed by atoms with E-state index in [0.717, 1.165) is 34.1 Å². The molecule has 0 N–H and O–H groups in total. The van der Waals surface area contributed by atoms with Crippen LogP contribution in [0.15, 0.2) is 59.6 Å². The Morgan fingerprint density at radius 3 is 2.52 bits per heavy atom. The minimum atomic E-state index is 0.198. The molecule has 1 aliphatic heterocycles. The lowest BCUT2D eigenvalue weighted by Crippen LogP contribution is -2.15. The third kappa shape index (κ3) is 2.47. The summed E-state index contributed by atoms with van der Waals surface area (Å²) in [6, 6.07) is 18.5. The molecule has 0 aliphatic carbocycles. The molecule has 1 aromatic heterocycles. The van der Waals surface area contributed by atoms with Crippen molar-refractivity contribution in [3.05, 3.63) is 70.9 Å². The van der Waals surface area contributed by atoms with E-state index in [1.165, 1.54) is 5.56 Å². The number of hydrogen-bond donors (Lipinski definition) is 0. The van der Waals surface area contributed by atoms with Crippen molar-refractivity contribution >= 4 is 23.6 Å². The first-order valence-corrected chi connectivity index (χ1v) is 8.04. The first-order valence-electron chi connectivity index (χ1n) is 7.66. The van der Waals surface area contributed by atoms with E-state index in [-0.39, 0.29) is 6.04 Å². The van der Waals surface area contributed by atoms with Crippen molar-refractivity contribution in [2.24, 2.45) is 4.99 Å². The molecule has 0 fully saturated rings. The van der Waals surface area contributed by atoms with Gasteiger partial charge in [0, 0.05) is 23.2 Å². The fourth-order valence-electron chi connectivity index (χ4n) is 3.12. The van der Waals surface area contributed by atoms with Crippen LogP contribution in [0, 0.1) is 6.92 Å². The van der Waals surface area contributed by atoms with Crippen molar-refractivity contribution in [2.45, 2.75) is 19.4 Å². The highest BCUT2D eigenvalue weighted by Crippen LogP contribution is 2.39. The third-order valence-electron chi connectivity index (χ3n) is 4.21. The quantitative estimate of drug-likeness (QED) is 0.637. The van der Waals surface area contributed by atoms with Crippen molar-refractivity contribution in [3.63, 3.8) is 0 Å². The molecule has 0 amide bonds. The van der Waals surface area contributed by atoms with Crippen LogP contribution in [0.3, 0.4) is 0 Å². The van der Waals surface area contributed by atoms with Gasteiger partial charge in [0.05, 0.1) is 11.7 Å². The molecule has 23 heavy (non-hydrogen) atoms. The first-order chi connectivity index (χ1) is 11.2. The van der Waals surface area contributed by atoms with Crippen LogP contribution in [0.25, 0.3) is 11.1 Å². The van der Waals surface area contributed by atoms with E-state index in [2.05, 4.69) is 33.9 Å². The summed E-state index contributed by atoms with van der Waals surface area (Å²) in [5.41, 5.74) is 4.42. The monoisotopic (exact) mass is 321 g/mol. The van der Waals surface area contributed by atoms with Crippen LogP contribution in [-0.4, -0.2) is 16.0 Å². The van der Waals surface area contributed by atoms with Crippen LogP contribution in [0.2, 0.25) is 5.02 Å². The summed E-state index contributed by atoms with van der Waals surface area (Å²) in [5, 5.41) is 5.51. The van der Waals surface area contributed by atoms with Crippen LogP contribution in [0.4, 0.5) is 5.82 Å². The van der Waals surface area contributed by atoms with E-state index < -0.39 is 0 Å². The zero-order valence-corrected chi connectivity index (χ0v) is 13.5. The van der Waals surface area contributed by atoms with E-state index in [0.29, 0.717) is 0 Å². The van der Waals surface area contributed by atoms with Crippen LogP contribution >= 0.6 is 11.6 Å². The Labute approximate surface area is 140 Å². The van der Waals surface area contributed by atoms with Gasteiger partial charge in [-0.2, -0.15) is 5.10 Å². The van der Waals surface area contributed by atoms with Crippen LogP contribution in [0.1, 0.15) is 23.7 Å². The molecule has 2 heterocycles. The zero-order chi connectivity index (χ0) is 15.8. The second-order valence-corrected chi connectivity index (χ2v) is 6.15. The van der Waals surface area contributed by atoms with Crippen molar-refractivity contribution in [2.75, 3.05) is 0 Å². The molecular weight excluding hydrogens is 306 g/mol. The van der Waals surface area contributed by atoms with Gasteiger partial charge >= 0.3 is 0 Å². The molecule has 1 unspecified atom stereocenters. The smallest absolute Gasteiger partial charge is 0.158 e. The van der Waals surface area contributed by atoms with Gasteiger partial charge in [0.2, 0.25) is 0 Å². The van der Waals surface area contributed by atoms with Crippen molar-refractivity contribution in [1.82, 2.24) is 9.78 Å². The summed E-state index contributed by atoms with van der Waals surface area (Å²) in [4.78, 5) is 4.63. The van der Waals surface area contributed by atoms with Gasteiger partial charge in [-0.3, -0.25) is 0 Å². The minimum absolute atomic E-state index is 0.198. The SMILES string of the molecule is Cc1nn2c(c1-c1ccc(Cl)cc1)N=CCC2c1ccccc1. The molecule has 4 heteroatoms. The molecule has 0 saturated heterocycles. The van der Waals surface area contributed by atoms with E-state index in [1.807, 2.05) is 43.5 Å². The molecular formula is C19H16ClN3. The highest BCUT2D eigenvalue weighted by molar-refractivity contribution is 6.30. The van der Waals surface area contributed by atoms with Crippen LogP contribution < -0.4 is 0 Å². The number of hydrogen-bond acceptors (Lipinski definition) is 2. The van der Waals surface area contributed by atoms with Crippen molar-refractivity contribution in [3.8, 4) is 11.1 Å². The van der Waals surface area contributed by atoms with Gasteiger partial charge in [-0.15, -0.1) is 0 Å². The van der Waals surface area contributed by atoms with Crippen molar-refractivity contribution in [1.29, 1.82) is 0 Å². The maximum atomic E-state index is 6.01. The van der Waals surface area contributed by atoms with Gasteiger partial charge < -0.3 is 0 Å². The fraction of sp³-hybridized carbons (Fsp3) is 0.158. The molecule has 1 aliphatic rings. The maximum absolute atomic E-state index is 6.01. The molecule has 3 aromatic rings. The number of nitrogens with zero attached hydrogens (tertiary/aromatic N) is 3. The second kappa shape index (κ2) is 5.67.